The van der Waals surface area contributed by atoms with Crippen molar-refractivity contribution in [2.24, 2.45) is 5.16 Å². The maximum Gasteiger partial charge on any atom is 0.141 e. The number of hydrogen-bond donors (Lipinski definition) is 1. The van der Waals surface area contributed by atoms with E-state index in [9.17, 15) is 4.39 Å². The first-order valence-corrected chi connectivity index (χ1v) is 6.07. The van der Waals surface area contributed by atoms with Gasteiger partial charge in [0, 0.05) is 5.56 Å². The number of oxime groups is 1. The lowest BCUT2D eigenvalue weighted by Crippen LogP contribution is -3.14. The van der Waals surface area contributed by atoms with Crippen LogP contribution in [-0.4, -0.2) is 45.7 Å². The average Bonchev–Trinajstić information content (AvgIpc) is 2.40. The monoisotopic (exact) mass is 253 g/mol. The molecule has 0 aromatic heterocycles. The lowest BCUT2D eigenvalue weighted by Gasteiger charge is -2.24. The number of nitrogens with one attached hydrogen (secondary N) is 1. The lowest BCUT2D eigenvalue weighted by molar-refractivity contribution is -0.899. The van der Waals surface area contributed by atoms with Crippen molar-refractivity contribution in [3.05, 3.63) is 35.6 Å². The largest absolute Gasteiger partial charge is 0.399 e. The summed E-state index contributed by atoms with van der Waals surface area (Å²) in [6, 6.07) is 6.34. The molecule has 0 radical (unpaired) electrons. The molecule has 1 aromatic rings. The molecular weight excluding hydrogens is 235 g/mol. The minimum atomic E-state index is -0.241. The van der Waals surface area contributed by atoms with Gasteiger partial charge < -0.3 is 14.5 Å². The van der Waals surface area contributed by atoms with Gasteiger partial charge >= 0.3 is 0 Å². The number of ether oxygens (including phenoxy) is 1. The topological polar surface area (TPSA) is 35.3 Å². The van der Waals surface area contributed by atoms with Crippen LogP contribution in [-0.2, 0) is 9.57 Å². The highest BCUT2D eigenvalue weighted by atomic mass is 19.1. The number of benzene rings is 1. The van der Waals surface area contributed by atoms with E-state index in [-0.39, 0.29) is 5.82 Å². The van der Waals surface area contributed by atoms with Crippen molar-refractivity contribution in [2.45, 2.75) is 0 Å². The standard InChI is InChI=1S/C13H17FN2O2/c1-17-15-13(10-16-6-8-18-9-7-16)11-2-4-12(14)5-3-11/h2-5H,6-10H2,1H3/p+1/b15-13-. The third-order valence-corrected chi connectivity index (χ3v) is 3.00. The molecule has 18 heavy (non-hydrogen) atoms. The predicted octanol–water partition coefficient (Wildman–Crippen LogP) is 0.0913. The van der Waals surface area contributed by atoms with Crippen LogP contribution in [0.25, 0.3) is 0 Å². The fourth-order valence-electron chi connectivity index (χ4n) is 2.01. The van der Waals surface area contributed by atoms with Gasteiger partial charge in [0.05, 0.1) is 13.2 Å². The van der Waals surface area contributed by atoms with Crippen LogP contribution in [0.5, 0.6) is 0 Å². The molecular formula is C13H18FN2O2+. The summed E-state index contributed by atoms with van der Waals surface area (Å²) in [4.78, 5) is 6.28. The first-order valence-electron chi connectivity index (χ1n) is 6.07. The SMILES string of the molecule is CO/N=C(/C[NH+]1CCOCC1)c1ccc(F)cc1. The molecule has 0 atom stereocenters. The van der Waals surface area contributed by atoms with Gasteiger partial charge in [0.25, 0.3) is 0 Å². The van der Waals surface area contributed by atoms with Gasteiger partial charge in [-0.15, -0.1) is 0 Å². The molecule has 2 rings (SSSR count). The highest BCUT2D eigenvalue weighted by Crippen LogP contribution is 2.04. The molecule has 1 aliphatic heterocycles. The Morgan fingerprint density at radius 3 is 2.61 bits per heavy atom. The molecule has 98 valence electrons. The lowest BCUT2D eigenvalue weighted by atomic mass is 10.1. The quantitative estimate of drug-likeness (QED) is 0.610. The van der Waals surface area contributed by atoms with Crippen LogP contribution in [0.2, 0.25) is 0 Å². The molecule has 0 saturated carbocycles. The zero-order valence-electron chi connectivity index (χ0n) is 10.5. The minimum absolute atomic E-state index is 0.241. The molecule has 0 bridgehead atoms. The molecule has 4 nitrogen and oxygen atoms in total. The number of morpholine rings is 1. The van der Waals surface area contributed by atoms with Crippen molar-refractivity contribution in [1.29, 1.82) is 0 Å². The molecule has 0 spiro atoms. The molecule has 5 heteroatoms. The van der Waals surface area contributed by atoms with E-state index in [4.69, 9.17) is 9.57 Å². The van der Waals surface area contributed by atoms with E-state index in [0.717, 1.165) is 44.1 Å². The number of quaternary nitrogens is 1. The van der Waals surface area contributed by atoms with E-state index in [2.05, 4.69) is 5.16 Å². The summed E-state index contributed by atoms with van der Waals surface area (Å²) in [6.07, 6.45) is 0. The predicted molar refractivity (Wildman–Crippen MR) is 66.3 cm³/mol. The van der Waals surface area contributed by atoms with Gasteiger partial charge in [-0.25, -0.2) is 4.39 Å². The first kappa shape index (κ1) is 13.0. The molecule has 0 unspecified atom stereocenters. The Hall–Kier alpha value is -1.46. The van der Waals surface area contributed by atoms with Gasteiger partial charge in [0.2, 0.25) is 0 Å². The third kappa shape index (κ3) is 3.51. The first-order chi connectivity index (χ1) is 8.79. The van der Waals surface area contributed by atoms with Crippen molar-refractivity contribution in [2.75, 3.05) is 40.0 Å². The third-order valence-electron chi connectivity index (χ3n) is 3.00. The van der Waals surface area contributed by atoms with Crippen molar-refractivity contribution < 1.29 is 18.9 Å². The zero-order valence-corrected chi connectivity index (χ0v) is 10.5. The Kier molecular flexibility index (Phi) is 4.66. The van der Waals surface area contributed by atoms with E-state index in [1.165, 1.54) is 24.1 Å². The fourth-order valence-corrected chi connectivity index (χ4v) is 2.01. The minimum Gasteiger partial charge on any atom is -0.399 e. The van der Waals surface area contributed by atoms with E-state index < -0.39 is 0 Å². The van der Waals surface area contributed by atoms with Crippen LogP contribution in [0.1, 0.15) is 5.56 Å². The van der Waals surface area contributed by atoms with E-state index in [0.29, 0.717) is 0 Å². The van der Waals surface area contributed by atoms with Crippen LogP contribution in [0.4, 0.5) is 4.39 Å². The molecule has 0 aliphatic carbocycles. The van der Waals surface area contributed by atoms with Crippen molar-refractivity contribution in [3.8, 4) is 0 Å². The summed E-state index contributed by atoms with van der Waals surface area (Å²) >= 11 is 0. The van der Waals surface area contributed by atoms with Crippen LogP contribution in [0.15, 0.2) is 29.4 Å². The van der Waals surface area contributed by atoms with Crippen molar-refractivity contribution in [1.82, 2.24) is 0 Å². The van der Waals surface area contributed by atoms with Gasteiger partial charge in [0.15, 0.2) is 0 Å². The van der Waals surface area contributed by atoms with Crippen molar-refractivity contribution >= 4 is 5.71 Å². The Balaban J connectivity index is 2.08. The Morgan fingerprint density at radius 2 is 2.00 bits per heavy atom. The van der Waals surface area contributed by atoms with Gasteiger partial charge in [-0.3, -0.25) is 0 Å². The normalized spacial score (nSPS) is 17.8. The molecule has 1 saturated heterocycles. The van der Waals surface area contributed by atoms with Gasteiger partial charge in [-0.05, 0) is 24.3 Å². The highest BCUT2D eigenvalue weighted by molar-refractivity contribution is 6.00. The van der Waals surface area contributed by atoms with Crippen molar-refractivity contribution in [3.63, 3.8) is 0 Å². The van der Waals surface area contributed by atoms with E-state index >= 15 is 0 Å². The number of hydrogen-bond acceptors (Lipinski definition) is 3. The smallest absolute Gasteiger partial charge is 0.141 e. The fraction of sp³-hybridized carbons (Fsp3) is 0.462. The highest BCUT2D eigenvalue weighted by Gasteiger charge is 2.18. The van der Waals surface area contributed by atoms with E-state index in [1.807, 2.05) is 0 Å². The molecule has 1 aliphatic rings. The van der Waals surface area contributed by atoms with Crippen LogP contribution < -0.4 is 4.90 Å². The maximum atomic E-state index is 12.9. The van der Waals surface area contributed by atoms with Gasteiger partial charge in [0.1, 0.15) is 38.3 Å². The summed E-state index contributed by atoms with van der Waals surface area (Å²) in [5.41, 5.74) is 1.74. The summed E-state index contributed by atoms with van der Waals surface area (Å²) in [7, 11) is 1.53. The molecule has 1 fully saturated rings. The molecule has 1 heterocycles. The van der Waals surface area contributed by atoms with Gasteiger partial charge in [-0.1, -0.05) is 5.16 Å². The van der Waals surface area contributed by atoms with Crippen LogP contribution >= 0.6 is 0 Å². The van der Waals surface area contributed by atoms with E-state index in [1.54, 1.807) is 12.1 Å². The Morgan fingerprint density at radius 1 is 1.33 bits per heavy atom. The summed E-state index contributed by atoms with van der Waals surface area (Å²) in [5.74, 6) is -0.241. The van der Waals surface area contributed by atoms with Crippen LogP contribution in [0, 0.1) is 5.82 Å². The average molecular weight is 253 g/mol. The number of halogens is 1. The maximum absolute atomic E-state index is 12.9. The van der Waals surface area contributed by atoms with Gasteiger partial charge in [-0.2, -0.15) is 0 Å². The second kappa shape index (κ2) is 6.47. The summed E-state index contributed by atoms with van der Waals surface area (Å²) in [5, 5.41) is 4.05. The Bertz CT molecular complexity index is 400. The molecule has 1 aromatic carbocycles. The van der Waals surface area contributed by atoms with Crippen LogP contribution in [0.3, 0.4) is 0 Å². The molecule has 1 N–H and O–H groups in total. The second-order valence-corrected chi connectivity index (χ2v) is 4.27. The number of rotatable bonds is 4. The molecule has 0 amide bonds. The number of nitrogens with zero attached hydrogens (tertiary/aromatic N) is 1. The zero-order chi connectivity index (χ0) is 12.8. The summed E-state index contributed by atoms with van der Waals surface area (Å²) < 4.78 is 18.2. The summed E-state index contributed by atoms with van der Waals surface area (Å²) in [6.45, 7) is 4.24. The second-order valence-electron chi connectivity index (χ2n) is 4.27. The Labute approximate surface area is 106 Å².